The Morgan fingerprint density at radius 2 is 2.03 bits per heavy atom. The van der Waals surface area contributed by atoms with Crippen molar-refractivity contribution in [2.45, 2.75) is 19.1 Å². The van der Waals surface area contributed by atoms with Gasteiger partial charge in [0, 0.05) is 31.9 Å². The Morgan fingerprint density at radius 3 is 2.71 bits per heavy atom. The van der Waals surface area contributed by atoms with Crippen LogP contribution in [0.4, 0.5) is 4.39 Å². The predicted octanol–water partition coefficient (Wildman–Crippen LogP) is 1.95. The zero-order valence-electron chi connectivity index (χ0n) is 17.2. The molecule has 4 rings (SSSR count). The van der Waals surface area contributed by atoms with E-state index in [1.54, 1.807) is 24.3 Å². The molecule has 31 heavy (non-hydrogen) atoms. The lowest BCUT2D eigenvalue weighted by Crippen LogP contribution is -2.41. The molecule has 0 spiro atoms. The summed E-state index contributed by atoms with van der Waals surface area (Å²) in [6.07, 6.45) is 2.79. The van der Waals surface area contributed by atoms with E-state index >= 15 is 0 Å². The number of aromatic nitrogens is 1. The normalized spacial score (nSPS) is 19.6. The van der Waals surface area contributed by atoms with Gasteiger partial charge in [-0.25, -0.2) is 4.39 Å². The van der Waals surface area contributed by atoms with Crippen molar-refractivity contribution in [3.63, 3.8) is 0 Å². The third kappa shape index (κ3) is 5.66. The van der Waals surface area contributed by atoms with Gasteiger partial charge in [0.15, 0.2) is 0 Å². The van der Waals surface area contributed by atoms with Crippen molar-refractivity contribution in [3.8, 4) is 0 Å². The number of halogens is 1. The Hall–Kier alpha value is -2.81. The highest BCUT2D eigenvalue weighted by atomic mass is 19.1. The average molecular weight is 427 g/mol. The number of H-pyrrole nitrogens is 1. The van der Waals surface area contributed by atoms with Crippen molar-refractivity contribution in [3.05, 3.63) is 75.5 Å². The van der Waals surface area contributed by atoms with E-state index in [-0.39, 0.29) is 17.5 Å². The molecule has 1 unspecified atom stereocenters. The third-order valence-electron chi connectivity index (χ3n) is 5.49. The largest absolute Gasteiger partial charge is 0.376 e. The van der Waals surface area contributed by atoms with Gasteiger partial charge in [0.05, 0.1) is 25.9 Å². The number of hydrogen-bond donors (Lipinski definition) is 2. The first-order chi connectivity index (χ1) is 15.1. The third-order valence-corrected chi connectivity index (χ3v) is 5.49. The second-order valence-electron chi connectivity index (χ2n) is 7.73. The fourth-order valence-electron chi connectivity index (χ4n) is 3.76. The van der Waals surface area contributed by atoms with Gasteiger partial charge >= 0.3 is 0 Å². The molecule has 3 heterocycles. The van der Waals surface area contributed by atoms with Crippen LogP contribution in [0.3, 0.4) is 0 Å². The van der Waals surface area contributed by atoms with Gasteiger partial charge in [0.1, 0.15) is 11.4 Å². The van der Waals surface area contributed by atoms with Crippen molar-refractivity contribution in [1.82, 2.24) is 15.2 Å². The molecule has 0 radical (unpaired) electrons. The molecule has 1 fully saturated rings. The molecule has 1 aromatic heterocycles. The quantitative estimate of drug-likeness (QED) is 0.736. The lowest BCUT2D eigenvalue weighted by molar-refractivity contribution is -0.0855. The van der Waals surface area contributed by atoms with Gasteiger partial charge in [-0.2, -0.15) is 0 Å². The second-order valence-corrected chi connectivity index (χ2v) is 7.73. The van der Waals surface area contributed by atoms with Crippen LogP contribution in [0.1, 0.15) is 28.0 Å². The molecular weight excluding hydrogens is 401 g/mol. The maximum Gasteiger partial charge on any atom is 0.261 e. The minimum atomic E-state index is -0.424. The molecule has 0 saturated carbocycles. The molecule has 2 aromatic rings. The maximum atomic E-state index is 13.1. The van der Waals surface area contributed by atoms with E-state index < -0.39 is 11.5 Å². The lowest BCUT2D eigenvalue weighted by Gasteiger charge is -2.26. The SMILES string of the molecule is O=C(NCC1COCCO1)c1ccc(CN2CC=C(c3ccc(F)cc3)CC2)[nH]c1=O. The van der Waals surface area contributed by atoms with Crippen molar-refractivity contribution >= 4 is 11.5 Å². The number of rotatable bonds is 6. The van der Waals surface area contributed by atoms with Crippen LogP contribution < -0.4 is 10.9 Å². The van der Waals surface area contributed by atoms with E-state index in [4.69, 9.17) is 9.47 Å². The first kappa shape index (κ1) is 21.4. The standard InChI is InChI=1S/C23H26FN3O4/c24-18-3-1-16(2-4-18)17-7-9-27(10-8-17)14-19-5-6-21(23(29)26-19)22(28)25-13-20-15-30-11-12-31-20/h1-7,20H,8-15H2,(H,25,28)(H,26,29). The Labute approximate surface area is 179 Å². The molecule has 2 aliphatic rings. The van der Waals surface area contributed by atoms with Gasteiger partial charge in [-0.15, -0.1) is 0 Å². The number of benzene rings is 1. The van der Waals surface area contributed by atoms with Crippen LogP contribution in [0.5, 0.6) is 0 Å². The number of carbonyl (C=O) groups excluding carboxylic acids is 1. The van der Waals surface area contributed by atoms with E-state index in [1.165, 1.54) is 17.7 Å². The van der Waals surface area contributed by atoms with E-state index in [1.807, 2.05) is 0 Å². The summed E-state index contributed by atoms with van der Waals surface area (Å²) in [5, 5.41) is 2.73. The summed E-state index contributed by atoms with van der Waals surface area (Å²) < 4.78 is 23.9. The van der Waals surface area contributed by atoms with Gasteiger partial charge in [0.25, 0.3) is 11.5 Å². The van der Waals surface area contributed by atoms with Crippen LogP contribution in [0.25, 0.3) is 5.57 Å². The summed E-state index contributed by atoms with van der Waals surface area (Å²) in [6, 6.07) is 9.88. The Kier molecular flexibility index (Phi) is 6.91. The highest BCUT2D eigenvalue weighted by Crippen LogP contribution is 2.23. The zero-order valence-corrected chi connectivity index (χ0v) is 17.2. The van der Waals surface area contributed by atoms with Gasteiger partial charge < -0.3 is 19.8 Å². The van der Waals surface area contributed by atoms with E-state index in [9.17, 15) is 14.0 Å². The number of pyridine rings is 1. The molecule has 1 saturated heterocycles. The molecular formula is C23H26FN3O4. The Balaban J connectivity index is 1.31. The van der Waals surface area contributed by atoms with Gasteiger partial charge in [-0.05, 0) is 41.8 Å². The van der Waals surface area contributed by atoms with Crippen molar-refractivity contribution in [1.29, 1.82) is 0 Å². The van der Waals surface area contributed by atoms with Gasteiger partial charge in [-0.3, -0.25) is 14.5 Å². The van der Waals surface area contributed by atoms with Crippen LogP contribution in [0, 0.1) is 5.82 Å². The van der Waals surface area contributed by atoms with Crippen molar-refractivity contribution in [2.24, 2.45) is 0 Å². The highest BCUT2D eigenvalue weighted by molar-refractivity contribution is 5.93. The number of ether oxygens (including phenoxy) is 2. The molecule has 1 aromatic carbocycles. The first-order valence-electron chi connectivity index (χ1n) is 10.5. The summed E-state index contributed by atoms with van der Waals surface area (Å²) in [5.41, 5.74) is 2.66. The number of aromatic amines is 1. The van der Waals surface area contributed by atoms with Crippen molar-refractivity contribution < 1.29 is 18.7 Å². The van der Waals surface area contributed by atoms with E-state index in [2.05, 4.69) is 21.3 Å². The topological polar surface area (TPSA) is 83.7 Å². The summed E-state index contributed by atoms with van der Waals surface area (Å²) >= 11 is 0. The minimum absolute atomic E-state index is 0.0811. The van der Waals surface area contributed by atoms with Crippen LogP contribution in [0.2, 0.25) is 0 Å². The summed E-state index contributed by atoms with van der Waals surface area (Å²) in [5.74, 6) is -0.661. The smallest absolute Gasteiger partial charge is 0.261 e. The molecule has 8 heteroatoms. The molecule has 0 bridgehead atoms. The van der Waals surface area contributed by atoms with E-state index in [0.717, 1.165) is 30.8 Å². The Morgan fingerprint density at radius 1 is 1.19 bits per heavy atom. The molecule has 2 aliphatic heterocycles. The number of amides is 1. The number of nitrogens with one attached hydrogen (secondary N) is 2. The van der Waals surface area contributed by atoms with E-state index in [0.29, 0.717) is 32.9 Å². The fraction of sp³-hybridized carbons (Fsp3) is 0.391. The maximum absolute atomic E-state index is 13.1. The molecule has 1 atom stereocenters. The molecule has 164 valence electrons. The average Bonchev–Trinajstić information content (AvgIpc) is 2.79. The fourth-order valence-corrected chi connectivity index (χ4v) is 3.76. The van der Waals surface area contributed by atoms with Crippen molar-refractivity contribution in [2.75, 3.05) is 39.5 Å². The summed E-state index contributed by atoms with van der Waals surface area (Å²) in [6.45, 7) is 3.95. The first-order valence-corrected chi connectivity index (χ1v) is 10.5. The van der Waals surface area contributed by atoms with Gasteiger partial charge in [0.2, 0.25) is 0 Å². The highest BCUT2D eigenvalue weighted by Gasteiger charge is 2.18. The number of nitrogens with zero attached hydrogens (tertiary/aromatic N) is 1. The number of hydrogen-bond acceptors (Lipinski definition) is 5. The van der Waals surface area contributed by atoms with Crippen LogP contribution in [0.15, 0.2) is 47.3 Å². The second kappa shape index (κ2) is 10.00. The summed E-state index contributed by atoms with van der Waals surface area (Å²) in [4.78, 5) is 29.8. The molecule has 0 aliphatic carbocycles. The monoisotopic (exact) mass is 427 g/mol. The minimum Gasteiger partial charge on any atom is -0.376 e. The van der Waals surface area contributed by atoms with Crippen LogP contribution in [-0.4, -0.2) is 61.3 Å². The molecule has 1 amide bonds. The molecule has 2 N–H and O–H groups in total. The predicted molar refractivity (Wildman–Crippen MR) is 114 cm³/mol. The number of carbonyl (C=O) groups is 1. The summed E-state index contributed by atoms with van der Waals surface area (Å²) in [7, 11) is 0. The molecule has 7 nitrogen and oxygen atoms in total. The van der Waals surface area contributed by atoms with Gasteiger partial charge in [-0.1, -0.05) is 18.2 Å². The zero-order chi connectivity index (χ0) is 21.6. The van der Waals surface area contributed by atoms with Crippen LogP contribution >= 0.6 is 0 Å². The van der Waals surface area contributed by atoms with Crippen LogP contribution in [-0.2, 0) is 16.0 Å². The lowest BCUT2D eigenvalue weighted by atomic mass is 9.99. The Bertz CT molecular complexity index is 997.